The Balaban J connectivity index is 1.56. The molecule has 0 atom stereocenters. The van der Waals surface area contributed by atoms with Gasteiger partial charge in [0.2, 0.25) is 0 Å². The maximum Gasteiger partial charge on any atom is 0.0579 e. The van der Waals surface area contributed by atoms with Crippen molar-refractivity contribution in [2.24, 2.45) is 10.8 Å². The van der Waals surface area contributed by atoms with Gasteiger partial charge in [0.05, 0.1) is 25.2 Å². The van der Waals surface area contributed by atoms with Gasteiger partial charge in [-0.15, -0.1) is 0 Å². The molecular formula is C14H25NO2. The van der Waals surface area contributed by atoms with Crippen LogP contribution in [0, 0.1) is 10.8 Å². The maximum atomic E-state index is 9.49. The van der Waals surface area contributed by atoms with E-state index in [1.54, 1.807) is 0 Å². The van der Waals surface area contributed by atoms with Crippen molar-refractivity contribution in [1.82, 2.24) is 4.90 Å². The van der Waals surface area contributed by atoms with Crippen molar-refractivity contribution in [3.63, 3.8) is 0 Å². The van der Waals surface area contributed by atoms with Gasteiger partial charge in [-0.3, -0.25) is 0 Å². The molecule has 1 spiro atoms. The number of aliphatic hydroxyl groups is 1. The van der Waals surface area contributed by atoms with E-state index in [0.29, 0.717) is 5.41 Å². The fraction of sp³-hybridized carbons (Fsp3) is 1.00. The predicted molar refractivity (Wildman–Crippen MR) is 66.9 cm³/mol. The highest BCUT2D eigenvalue weighted by Crippen LogP contribution is 2.44. The molecule has 3 nitrogen and oxygen atoms in total. The number of aliphatic hydroxyl groups excluding tert-OH is 1. The number of hydrogen-bond acceptors (Lipinski definition) is 3. The van der Waals surface area contributed by atoms with E-state index in [9.17, 15) is 5.11 Å². The van der Waals surface area contributed by atoms with Crippen LogP contribution in [-0.4, -0.2) is 49.5 Å². The monoisotopic (exact) mass is 239 g/mol. The Morgan fingerprint density at radius 2 is 1.82 bits per heavy atom. The minimum Gasteiger partial charge on any atom is -0.396 e. The van der Waals surface area contributed by atoms with Crippen LogP contribution in [0.3, 0.4) is 0 Å². The van der Waals surface area contributed by atoms with Crippen LogP contribution < -0.4 is 0 Å². The molecule has 2 heterocycles. The molecule has 1 aliphatic carbocycles. The molecule has 3 aliphatic rings. The lowest BCUT2D eigenvalue weighted by molar-refractivity contribution is -0.147. The molecule has 2 saturated heterocycles. The van der Waals surface area contributed by atoms with Gasteiger partial charge in [0.1, 0.15) is 0 Å². The van der Waals surface area contributed by atoms with Crippen LogP contribution in [0.4, 0.5) is 0 Å². The Bertz CT molecular complexity index is 264. The summed E-state index contributed by atoms with van der Waals surface area (Å²) in [5, 5.41) is 9.49. The number of ether oxygens (including phenoxy) is 1. The highest BCUT2D eigenvalue weighted by molar-refractivity contribution is 4.96. The molecule has 17 heavy (non-hydrogen) atoms. The van der Waals surface area contributed by atoms with Crippen molar-refractivity contribution in [3.05, 3.63) is 0 Å². The summed E-state index contributed by atoms with van der Waals surface area (Å²) in [4.78, 5) is 2.59. The molecule has 3 fully saturated rings. The molecule has 0 aromatic rings. The summed E-state index contributed by atoms with van der Waals surface area (Å²) in [7, 11) is 0. The van der Waals surface area contributed by atoms with Crippen molar-refractivity contribution in [1.29, 1.82) is 0 Å². The zero-order chi connectivity index (χ0) is 11.8. The minimum absolute atomic E-state index is 0.0696. The third kappa shape index (κ3) is 2.25. The zero-order valence-electron chi connectivity index (χ0n) is 10.8. The van der Waals surface area contributed by atoms with Gasteiger partial charge in [0.25, 0.3) is 0 Å². The fourth-order valence-electron chi connectivity index (χ4n) is 3.97. The topological polar surface area (TPSA) is 32.7 Å². The molecule has 1 saturated carbocycles. The average Bonchev–Trinajstić information content (AvgIpc) is 2.68. The van der Waals surface area contributed by atoms with Gasteiger partial charge in [-0.25, -0.2) is 0 Å². The number of rotatable bonds is 3. The average molecular weight is 239 g/mol. The number of nitrogens with zero attached hydrogens (tertiary/aromatic N) is 1. The molecule has 98 valence electrons. The first-order chi connectivity index (χ1) is 8.26. The van der Waals surface area contributed by atoms with Crippen LogP contribution >= 0.6 is 0 Å². The zero-order valence-corrected chi connectivity index (χ0v) is 10.8. The second-order valence-electron chi connectivity index (χ2n) is 6.67. The maximum absolute atomic E-state index is 9.49. The van der Waals surface area contributed by atoms with Crippen LogP contribution in [0.1, 0.15) is 38.5 Å². The number of likely N-dealkylation sites (tertiary alicyclic amines) is 1. The van der Waals surface area contributed by atoms with Crippen molar-refractivity contribution in [3.8, 4) is 0 Å². The van der Waals surface area contributed by atoms with Crippen LogP contribution in [0.25, 0.3) is 0 Å². The Morgan fingerprint density at radius 3 is 2.41 bits per heavy atom. The van der Waals surface area contributed by atoms with E-state index in [0.717, 1.165) is 19.8 Å². The molecule has 0 radical (unpaired) electrons. The number of hydrogen-bond donors (Lipinski definition) is 1. The first-order valence-electron chi connectivity index (χ1n) is 7.17. The molecule has 3 heteroatoms. The molecule has 0 aromatic heterocycles. The van der Waals surface area contributed by atoms with Crippen LogP contribution in [0.5, 0.6) is 0 Å². The van der Waals surface area contributed by atoms with E-state index in [1.807, 2.05) is 0 Å². The SMILES string of the molecule is OCC1(CN2CCC3(CCCCC3)C2)COC1. The van der Waals surface area contributed by atoms with E-state index in [1.165, 1.54) is 51.6 Å². The molecule has 0 amide bonds. The molecule has 1 N–H and O–H groups in total. The standard InChI is InChI=1S/C14H25NO2/c16-10-14(11-17-12-14)9-15-7-6-13(8-15)4-2-1-3-5-13/h16H,1-12H2. The largest absolute Gasteiger partial charge is 0.396 e. The Hall–Kier alpha value is -0.120. The van der Waals surface area contributed by atoms with Crippen molar-refractivity contribution in [2.75, 3.05) is 39.5 Å². The van der Waals surface area contributed by atoms with Crippen molar-refractivity contribution >= 4 is 0 Å². The van der Waals surface area contributed by atoms with Gasteiger partial charge in [0, 0.05) is 13.1 Å². The summed E-state index contributed by atoms with van der Waals surface area (Å²) in [6, 6.07) is 0. The summed E-state index contributed by atoms with van der Waals surface area (Å²) < 4.78 is 5.29. The molecule has 2 aliphatic heterocycles. The third-order valence-electron chi connectivity index (χ3n) is 5.14. The molecule has 0 aromatic carbocycles. The third-order valence-corrected chi connectivity index (χ3v) is 5.14. The summed E-state index contributed by atoms with van der Waals surface area (Å²) >= 11 is 0. The fourth-order valence-corrected chi connectivity index (χ4v) is 3.97. The van der Waals surface area contributed by atoms with E-state index in [4.69, 9.17) is 4.74 Å². The normalized spacial score (nSPS) is 31.6. The summed E-state index contributed by atoms with van der Waals surface area (Å²) in [5.41, 5.74) is 0.708. The highest BCUT2D eigenvalue weighted by Gasteiger charge is 2.44. The van der Waals surface area contributed by atoms with Gasteiger partial charge in [-0.1, -0.05) is 19.3 Å². The van der Waals surface area contributed by atoms with E-state index < -0.39 is 0 Å². The van der Waals surface area contributed by atoms with Gasteiger partial charge >= 0.3 is 0 Å². The quantitative estimate of drug-likeness (QED) is 0.813. The van der Waals surface area contributed by atoms with Gasteiger partial charge in [0.15, 0.2) is 0 Å². The predicted octanol–water partition coefficient (Wildman–Crippen LogP) is 1.65. The second-order valence-corrected chi connectivity index (χ2v) is 6.67. The second kappa shape index (κ2) is 4.52. The lowest BCUT2D eigenvalue weighted by Gasteiger charge is -2.43. The van der Waals surface area contributed by atoms with E-state index in [2.05, 4.69) is 4.90 Å². The van der Waals surface area contributed by atoms with Crippen LogP contribution in [-0.2, 0) is 4.74 Å². The lowest BCUT2D eigenvalue weighted by atomic mass is 9.73. The molecule has 0 unspecified atom stereocenters. The van der Waals surface area contributed by atoms with Gasteiger partial charge in [-0.05, 0) is 31.2 Å². The minimum atomic E-state index is 0.0696. The first-order valence-corrected chi connectivity index (χ1v) is 7.17. The van der Waals surface area contributed by atoms with Crippen molar-refractivity contribution < 1.29 is 9.84 Å². The Morgan fingerprint density at radius 1 is 1.06 bits per heavy atom. The molecular weight excluding hydrogens is 214 g/mol. The van der Waals surface area contributed by atoms with Crippen LogP contribution in [0.15, 0.2) is 0 Å². The Kier molecular flexibility index (Phi) is 3.18. The van der Waals surface area contributed by atoms with Gasteiger partial charge in [-0.2, -0.15) is 0 Å². The van der Waals surface area contributed by atoms with Gasteiger partial charge < -0.3 is 14.7 Å². The smallest absolute Gasteiger partial charge is 0.0579 e. The van der Waals surface area contributed by atoms with Crippen molar-refractivity contribution in [2.45, 2.75) is 38.5 Å². The van der Waals surface area contributed by atoms with E-state index >= 15 is 0 Å². The summed E-state index contributed by atoms with van der Waals surface area (Å²) in [6.07, 6.45) is 8.56. The summed E-state index contributed by atoms with van der Waals surface area (Å²) in [5.74, 6) is 0. The molecule has 3 rings (SSSR count). The first kappa shape index (κ1) is 11.9. The van der Waals surface area contributed by atoms with E-state index in [-0.39, 0.29) is 12.0 Å². The van der Waals surface area contributed by atoms with Crippen LogP contribution in [0.2, 0.25) is 0 Å². The molecule has 0 bridgehead atoms. The highest BCUT2D eigenvalue weighted by atomic mass is 16.5. The lowest BCUT2D eigenvalue weighted by Crippen LogP contribution is -2.53. The summed E-state index contributed by atoms with van der Waals surface area (Å²) in [6.45, 7) is 5.36. The Labute approximate surface area is 104 Å².